The van der Waals surface area contributed by atoms with Gasteiger partial charge in [0.1, 0.15) is 0 Å². The van der Waals surface area contributed by atoms with Crippen molar-refractivity contribution < 1.29 is 13.2 Å². The molecule has 0 radical (unpaired) electrons. The minimum Gasteiger partial charge on any atom is -0.322 e. The van der Waals surface area contributed by atoms with Crippen LogP contribution in [0.3, 0.4) is 0 Å². The van der Waals surface area contributed by atoms with Crippen molar-refractivity contribution in [3.63, 3.8) is 0 Å². The third-order valence-electron chi connectivity index (χ3n) is 2.22. The Kier molecular flexibility index (Phi) is 2.84. The van der Waals surface area contributed by atoms with E-state index >= 15 is 0 Å². The van der Waals surface area contributed by atoms with Gasteiger partial charge in [-0.3, -0.25) is 5.84 Å². The number of fused-ring (bicyclic) bond motifs is 1. The maximum absolute atomic E-state index is 12.7. The summed E-state index contributed by atoms with van der Waals surface area (Å²) in [5, 5.41) is 0.648. The van der Waals surface area contributed by atoms with Crippen LogP contribution in [-0.4, -0.2) is 4.98 Å². The number of rotatable bonds is 1. The standard InChI is InChI=1S/C10H7ClF3N3/c11-6-3-1-2-5-4-7(17-15)9(10(12,13)14)16-8(5)6/h1-4,17H,15H2. The zero-order valence-corrected chi connectivity index (χ0v) is 9.10. The number of nitrogens with one attached hydrogen (secondary N) is 1. The first kappa shape index (κ1) is 11.9. The SMILES string of the molecule is NNc1cc2cccc(Cl)c2nc1C(F)(F)F. The van der Waals surface area contributed by atoms with E-state index in [9.17, 15) is 13.2 Å². The van der Waals surface area contributed by atoms with Gasteiger partial charge in [0, 0.05) is 5.39 Å². The summed E-state index contributed by atoms with van der Waals surface area (Å²) >= 11 is 5.79. The topological polar surface area (TPSA) is 50.9 Å². The number of nitrogen functional groups attached to an aromatic ring is 1. The second-order valence-corrected chi connectivity index (χ2v) is 3.75. The summed E-state index contributed by atoms with van der Waals surface area (Å²) in [5.41, 5.74) is 0.718. The Labute approximate surface area is 99.4 Å². The third-order valence-corrected chi connectivity index (χ3v) is 2.53. The van der Waals surface area contributed by atoms with E-state index in [1.165, 1.54) is 12.1 Å². The van der Waals surface area contributed by atoms with E-state index in [0.717, 1.165) is 0 Å². The van der Waals surface area contributed by atoms with Crippen LogP contribution in [0.1, 0.15) is 5.69 Å². The summed E-state index contributed by atoms with van der Waals surface area (Å²) in [6.07, 6.45) is -4.59. The van der Waals surface area contributed by atoms with Gasteiger partial charge in [-0.1, -0.05) is 23.7 Å². The highest BCUT2D eigenvalue weighted by atomic mass is 35.5. The molecule has 0 amide bonds. The van der Waals surface area contributed by atoms with E-state index in [2.05, 4.69) is 4.98 Å². The van der Waals surface area contributed by atoms with Gasteiger partial charge in [0.25, 0.3) is 0 Å². The number of benzene rings is 1. The molecule has 0 unspecified atom stereocenters. The van der Waals surface area contributed by atoms with Gasteiger partial charge >= 0.3 is 6.18 Å². The molecule has 1 aromatic carbocycles. The number of hydrogen-bond donors (Lipinski definition) is 2. The summed E-state index contributed by atoms with van der Waals surface area (Å²) in [7, 11) is 0. The quantitative estimate of drug-likeness (QED) is 0.612. The highest BCUT2D eigenvalue weighted by Crippen LogP contribution is 2.36. The van der Waals surface area contributed by atoms with Crippen LogP contribution in [0.15, 0.2) is 24.3 Å². The van der Waals surface area contributed by atoms with E-state index < -0.39 is 11.9 Å². The van der Waals surface area contributed by atoms with Gasteiger partial charge in [0.2, 0.25) is 0 Å². The number of halogens is 4. The molecule has 0 spiro atoms. The van der Waals surface area contributed by atoms with Crippen LogP contribution in [0.5, 0.6) is 0 Å². The second-order valence-electron chi connectivity index (χ2n) is 3.34. The predicted molar refractivity (Wildman–Crippen MR) is 59.6 cm³/mol. The highest BCUT2D eigenvalue weighted by molar-refractivity contribution is 6.35. The largest absolute Gasteiger partial charge is 0.435 e. The lowest BCUT2D eigenvalue weighted by molar-refractivity contribution is -0.140. The van der Waals surface area contributed by atoms with Crippen LogP contribution >= 0.6 is 11.6 Å². The van der Waals surface area contributed by atoms with Gasteiger partial charge in [0.05, 0.1) is 16.2 Å². The van der Waals surface area contributed by atoms with E-state index in [1.54, 1.807) is 12.1 Å². The van der Waals surface area contributed by atoms with Crippen molar-refractivity contribution in [2.45, 2.75) is 6.18 Å². The predicted octanol–water partition coefficient (Wildman–Crippen LogP) is 3.19. The number of nitrogens with zero attached hydrogens (tertiary/aromatic N) is 1. The molecule has 0 atom stereocenters. The van der Waals surface area contributed by atoms with Crippen molar-refractivity contribution in [3.8, 4) is 0 Å². The van der Waals surface area contributed by atoms with Crippen LogP contribution < -0.4 is 11.3 Å². The van der Waals surface area contributed by atoms with Crippen LogP contribution in [0.25, 0.3) is 10.9 Å². The first-order valence-electron chi connectivity index (χ1n) is 4.56. The van der Waals surface area contributed by atoms with Crippen LogP contribution in [-0.2, 0) is 6.18 Å². The average Bonchev–Trinajstić information content (AvgIpc) is 2.26. The lowest BCUT2D eigenvalue weighted by Gasteiger charge is -2.12. The van der Waals surface area contributed by atoms with Crippen molar-refractivity contribution in [2.75, 3.05) is 5.43 Å². The number of aromatic nitrogens is 1. The summed E-state index contributed by atoms with van der Waals surface area (Å²) < 4.78 is 38.1. The first-order chi connectivity index (χ1) is 7.93. The number of para-hydroxylation sites is 1. The molecule has 1 aromatic heterocycles. The van der Waals surface area contributed by atoms with Crippen molar-refractivity contribution in [2.24, 2.45) is 5.84 Å². The fourth-order valence-electron chi connectivity index (χ4n) is 1.49. The van der Waals surface area contributed by atoms with Crippen LogP contribution in [0, 0.1) is 0 Å². The summed E-state index contributed by atoms with van der Waals surface area (Å²) in [6, 6.07) is 5.97. The Morgan fingerprint density at radius 2 is 2.00 bits per heavy atom. The number of hydrazine groups is 1. The monoisotopic (exact) mass is 261 g/mol. The van der Waals surface area contributed by atoms with Gasteiger partial charge in [-0.15, -0.1) is 0 Å². The van der Waals surface area contributed by atoms with Gasteiger partial charge in [-0.2, -0.15) is 13.2 Å². The second kappa shape index (κ2) is 4.05. The van der Waals surface area contributed by atoms with Crippen LogP contribution in [0.4, 0.5) is 18.9 Å². The fourth-order valence-corrected chi connectivity index (χ4v) is 1.71. The Hall–Kier alpha value is -1.53. The van der Waals surface area contributed by atoms with Crippen molar-refractivity contribution in [1.82, 2.24) is 4.98 Å². The van der Waals surface area contributed by atoms with E-state index in [0.29, 0.717) is 5.39 Å². The molecule has 2 rings (SSSR count). The molecule has 3 nitrogen and oxygen atoms in total. The Morgan fingerprint density at radius 1 is 1.29 bits per heavy atom. The Balaban J connectivity index is 2.79. The molecule has 7 heteroatoms. The molecule has 0 aliphatic rings. The summed E-state index contributed by atoms with van der Waals surface area (Å²) in [6.45, 7) is 0. The van der Waals surface area contributed by atoms with Gasteiger partial charge in [-0.25, -0.2) is 4.98 Å². The minimum absolute atomic E-state index is 0.0977. The van der Waals surface area contributed by atoms with E-state index in [1.807, 2.05) is 5.43 Å². The first-order valence-corrected chi connectivity index (χ1v) is 4.94. The smallest absolute Gasteiger partial charge is 0.322 e. The molecular weight excluding hydrogens is 255 g/mol. The maximum Gasteiger partial charge on any atom is 0.435 e. The summed E-state index contributed by atoms with van der Waals surface area (Å²) in [4.78, 5) is 3.52. The molecule has 1 heterocycles. The van der Waals surface area contributed by atoms with Gasteiger partial charge in [0.15, 0.2) is 5.69 Å². The molecule has 2 aromatic rings. The number of alkyl halides is 3. The third kappa shape index (κ3) is 2.13. The highest BCUT2D eigenvalue weighted by Gasteiger charge is 2.36. The number of hydrogen-bond acceptors (Lipinski definition) is 3. The molecule has 0 bridgehead atoms. The van der Waals surface area contributed by atoms with Gasteiger partial charge in [-0.05, 0) is 12.1 Å². The fraction of sp³-hybridized carbons (Fsp3) is 0.100. The Morgan fingerprint density at radius 3 is 2.59 bits per heavy atom. The average molecular weight is 262 g/mol. The van der Waals surface area contributed by atoms with E-state index in [4.69, 9.17) is 17.4 Å². The maximum atomic E-state index is 12.7. The lowest BCUT2D eigenvalue weighted by Crippen LogP contribution is -2.16. The van der Waals surface area contributed by atoms with Crippen molar-refractivity contribution >= 4 is 28.2 Å². The number of nitrogens with two attached hydrogens (primary N) is 1. The zero-order valence-electron chi connectivity index (χ0n) is 8.35. The van der Waals surface area contributed by atoms with Crippen molar-refractivity contribution in [1.29, 1.82) is 0 Å². The molecule has 0 fully saturated rings. The summed E-state index contributed by atoms with van der Waals surface area (Å²) in [5.74, 6) is 5.05. The van der Waals surface area contributed by atoms with Gasteiger partial charge < -0.3 is 5.43 Å². The lowest BCUT2D eigenvalue weighted by atomic mass is 10.1. The normalized spacial score (nSPS) is 11.8. The zero-order chi connectivity index (χ0) is 12.6. The molecule has 0 saturated carbocycles. The molecule has 0 aliphatic carbocycles. The molecule has 0 saturated heterocycles. The number of anilines is 1. The van der Waals surface area contributed by atoms with Crippen LogP contribution in [0.2, 0.25) is 5.02 Å². The van der Waals surface area contributed by atoms with E-state index in [-0.39, 0.29) is 16.2 Å². The molecular formula is C10H7ClF3N3. The minimum atomic E-state index is -4.59. The Bertz CT molecular complexity index is 568. The molecule has 3 N–H and O–H groups in total. The van der Waals surface area contributed by atoms with Crippen molar-refractivity contribution in [3.05, 3.63) is 35.0 Å². The number of pyridine rings is 1. The molecule has 0 aliphatic heterocycles. The molecule has 90 valence electrons. The molecule has 17 heavy (non-hydrogen) atoms.